The second-order valence-electron chi connectivity index (χ2n) is 6.74. The summed E-state index contributed by atoms with van der Waals surface area (Å²) in [5.41, 5.74) is 1.05. The van der Waals surface area contributed by atoms with Crippen LogP contribution in [0.15, 0.2) is 71.6 Å². The standard InChI is InChI=1S/C22H20FNO5S/c1-15(16-3-5-17(23)6-4-16)24(18-7-12-21-22(13-18)29-14-28-21)30(25,26)20-10-8-19(27-2)9-11-20/h3-13,15H,14H2,1-2H3. The molecule has 30 heavy (non-hydrogen) atoms. The number of anilines is 1. The van der Waals surface area contributed by atoms with Crippen molar-refractivity contribution in [2.75, 3.05) is 18.2 Å². The highest BCUT2D eigenvalue weighted by atomic mass is 32.2. The van der Waals surface area contributed by atoms with Crippen molar-refractivity contribution in [2.45, 2.75) is 17.9 Å². The first-order valence-corrected chi connectivity index (χ1v) is 10.7. The van der Waals surface area contributed by atoms with Crippen molar-refractivity contribution in [3.63, 3.8) is 0 Å². The van der Waals surface area contributed by atoms with E-state index in [1.54, 1.807) is 49.4 Å². The molecule has 156 valence electrons. The molecular weight excluding hydrogens is 409 g/mol. The fourth-order valence-corrected chi connectivity index (χ4v) is 4.97. The van der Waals surface area contributed by atoms with Crippen molar-refractivity contribution >= 4 is 15.7 Å². The number of nitrogens with zero attached hydrogens (tertiary/aromatic N) is 1. The van der Waals surface area contributed by atoms with Gasteiger partial charge in [0.1, 0.15) is 11.6 Å². The molecule has 6 nitrogen and oxygen atoms in total. The minimum Gasteiger partial charge on any atom is -0.497 e. The quantitative estimate of drug-likeness (QED) is 0.577. The van der Waals surface area contributed by atoms with Crippen LogP contribution in [0.1, 0.15) is 18.5 Å². The topological polar surface area (TPSA) is 65.1 Å². The summed E-state index contributed by atoms with van der Waals surface area (Å²) >= 11 is 0. The summed E-state index contributed by atoms with van der Waals surface area (Å²) in [6.45, 7) is 1.83. The Morgan fingerprint density at radius 1 is 0.967 bits per heavy atom. The Morgan fingerprint density at radius 2 is 1.63 bits per heavy atom. The van der Waals surface area contributed by atoms with Crippen LogP contribution in [-0.4, -0.2) is 22.3 Å². The van der Waals surface area contributed by atoms with E-state index in [-0.39, 0.29) is 11.7 Å². The Hall–Kier alpha value is -3.26. The fourth-order valence-electron chi connectivity index (χ4n) is 3.33. The summed E-state index contributed by atoms with van der Waals surface area (Å²) < 4.78 is 57.9. The van der Waals surface area contributed by atoms with Crippen LogP contribution in [0.5, 0.6) is 17.2 Å². The minimum absolute atomic E-state index is 0.0809. The third kappa shape index (κ3) is 3.66. The molecule has 0 bridgehead atoms. The molecule has 0 spiro atoms. The van der Waals surface area contributed by atoms with E-state index in [1.807, 2.05) is 0 Å². The van der Waals surface area contributed by atoms with Gasteiger partial charge in [0, 0.05) is 6.07 Å². The molecule has 0 saturated carbocycles. The van der Waals surface area contributed by atoms with Crippen molar-refractivity contribution in [3.8, 4) is 17.2 Å². The van der Waals surface area contributed by atoms with Gasteiger partial charge in [0.05, 0.1) is 23.7 Å². The summed E-state index contributed by atoms with van der Waals surface area (Å²) in [6.07, 6.45) is 0. The minimum atomic E-state index is -3.97. The molecule has 0 N–H and O–H groups in total. The molecule has 0 saturated heterocycles. The van der Waals surface area contributed by atoms with Gasteiger partial charge in [-0.25, -0.2) is 12.8 Å². The van der Waals surface area contributed by atoms with Crippen molar-refractivity contribution < 1.29 is 27.0 Å². The average molecular weight is 429 g/mol. The van der Waals surface area contributed by atoms with Gasteiger partial charge in [-0.05, 0) is 61.0 Å². The highest BCUT2D eigenvalue weighted by Gasteiger charge is 2.31. The third-order valence-corrected chi connectivity index (χ3v) is 6.84. The fraction of sp³-hybridized carbons (Fsp3) is 0.182. The second-order valence-corrected chi connectivity index (χ2v) is 8.56. The molecule has 0 fully saturated rings. The van der Waals surface area contributed by atoms with E-state index < -0.39 is 21.9 Å². The summed E-state index contributed by atoms with van der Waals surface area (Å²) in [5.74, 6) is 1.18. The number of hydrogen-bond donors (Lipinski definition) is 0. The SMILES string of the molecule is COc1ccc(S(=O)(=O)N(c2ccc3c(c2)OCO3)C(C)c2ccc(F)cc2)cc1. The normalized spacial score (nSPS) is 13.7. The maximum atomic E-state index is 13.7. The Kier molecular flexibility index (Phi) is 5.26. The monoisotopic (exact) mass is 429 g/mol. The van der Waals surface area contributed by atoms with Crippen LogP contribution in [0.3, 0.4) is 0 Å². The van der Waals surface area contributed by atoms with E-state index in [0.717, 1.165) is 0 Å². The maximum absolute atomic E-state index is 13.7. The van der Waals surface area contributed by atoms with Gasteiger partial charge in [-0.2, -0.15) is 0 Å². The molecular formula is C22H20FNO5S. The third-order valence-electron chi connectivity index (χ3n) is 4.93. The van der Waals surface area contributed by atoms with Crippen LogP contribution in [0.25, 0.3) is 0 Å². The summed E-state index contributed by atoms with van der Waals surface area (Å²) in [4.78, 5) is 0.106. The largest absolute Gasteiger partial charge is 0.497 e. The Labute approximate surface area is 174 Å². The number of hydrogen-bond acceptors (Lipinski definition) is 5. The molecule has 0 amide bonds. The van der Waals surface area contributed by atoms with E-state index in [9.17, 15) is 12.8 Å². The number of rotatable bonds is 6. The van der Waals surface area contributed by atoms with Crippen molar-refractivity contribution in [2.24, 2.45) is 0 Å². The predicted molar refractivity (Wildman–Crippen MR) is 110 cm³/mol. The zero-order valence-electron chi connectivity index (χ0n) is 16.4. The molecule has 3 aromatic carbocycles. The Bertz CT molecular complexity index is 1150. The molecule has 0 radical (unpaired) electrons. The lowest BCUT2D eigenvalue weighted by molar-refractivity contribution is 0.174. The highest BCUT2D eigenvalue weighted by molar-refractivity contribution is 7.92. The molecule has 1 unspecified atom stereocenters. The van der Waals surface area contributed by atoms with Gasteiger partial charge in [-0.15, -0.1) is 0 Å². The van der Waals surface area contributed by atoms with Crippen LogP contribution < -0.4 is 18.5 Å². The zero-order valence-corrected chi connectivity index (χ0v) is 17.2. The molecule has 0 aliphatic carbocycles. The summed E-state index contributed by atoms with van der Waals surface area (Å²) in [5, 5.41) is 0. The van der Waals surface area contributed by atoms with E-state index >= 15 is 0 Å². The molecule has 1 aliphatic rings. The van der Waals surface area contributed by atoms with Gasteiger partial charge in [0.15, 0.2) is 11.5 Å². The highest BCUT2D eigenvalue weighted by Crippen LogP contribution is 2.40. The number of benzene rings is 3. The Balaban J connectivity index is 1.82. The van der Waals surface area contributed by atoms with Crippen LogP contribution in [0.4, 0.5) is 10.1 Å². The lowest BCUT2D eigenvalue weighted by Crippen LogP contribution is -2.33. The lowest BCUT2D eigenvalue weighted by atomic mass is 10.1. The van der Waals surface area contributed by atoms with Crippen LogP contribution in [0, 0.1) is 5.82 Å². The number of halogens is 1. The average Bonchev–Trinajstić information content (AvgIpc) is 3.22. The molecule has 8 heteroatoms. The van der Waals surface area contributed by atoms with E-state index in [2.05, 4.69) is 0 Å². The number of ether oxygens (including phenoxy) is 3. The first-order valence-electron chi connectivity index (χ1n) is 9.24. The van der Waals surface area contributed by atoms with Gasteiger partial charge < -0.3 is 14.2 Å². The first kappa shape index (κ1) is 20.0. The van der Waals surface area contributed by atoms with Crippen LogP contribution in [-0.2, 0) is 10.0 Å². The van der Waals surface area contributed by atoms with Gasteiger partial charge in [0.2, 0.25) is 6.79 Å². The van der Waals surface area contributed by atoms with Crippen LogP contribution in [0.2, 0.25) is 0 Å². The Morgan fingerprint density at radius 3 is 2.30 bits per heavy atom. The van der Waals surface area contributed by atoms with Crippen molar-refractivity contribution in [1.29, 1.82) is 0 Å². The van der Waals surface area contributed by atoms with Gasteiger partial charge in [-0.1, -0.05) is 12.1 Å². The molecule has 3 aromatic rings. The van der Waals surface area contributed by atoms with E-state index in [1.165, 1.54) is 35.7 Å². The summed E-state index contributed by atoms with van der Waals surface area (Å²) in [6, 6.07) is 16.3. The molecule has 1 heterocycles. The molecule has 1 aliphatic heterocycles. The predicted octanol–water partition coefficient (Wildman–Crippen LogP) is 4.52. The number of sulfonamides is 1. The maximum Gasteiger partial charge on any atom is 0.264 e. The van der Waals surface area contributed by atoms with E-state index in [0.29, 0.717) is 28.5 Å². The van der Waals surface area contributed by atoms with Crippen molar-refractivity contribution in [1.82, 2.24) is 0 Å². The van der Waals surface area contributed by atoms with Gasteiger partial charge in [0.25, 0.3) is 10.0 Å². The number of fused-ring (bicyclic) bond motifs is 1. The first-order chi connectivity index (χ1) is 14.4. The number of methoxy groups -OCH3 is 1. The van der Waals surface area contributed by atoms with Crippen LogP contribution >= 0.6 is 0 Å². The summed E-state index contributed by atoms with van der Waals surface area (Å²) in [7, 11) is -2.45. The molecule has 0 aromatic heterocycles. The zero-order chi connectivity index (χ0) is 21.3. The second kappa shape index (κ2) is 7.87. The van der Waals surface area contributed by atoms with Gasteiger partial charge >= 0.3 is 0 Å². The van der Waals surface area contributed by atoms with Gasteiger partial charge in [-0.3, -0.25) is 4.31 Å². The van der Waals surface area contributed by atoms with Crippen molar-refractivity contribution in [3.05, 3.63) is 78.1 Å². The molecule has 4 rings (SSSR count). The molecule has 1 atom stereocenters. The smallest absolute Gasteiger partial charge is 0.264 e. The van der Waals surface area contributed by atoms with E-state index in [4.69, 9.17) is 14.2 Å². The lowest BCUT2D eigenvalue weighted by Gasteiger charge is -2.31.